The molecule has 5 nitrogen and oxygen atoms in total. The van der Waals surface area contributed by atoms with Gasteiger partial charge in [-0.2, -0.15) is 5.26 Å². The number of nitrogens with zero attached hydrogens (tertiary/aromatic N) is 2. The number of nitrogens with one attached hydrogen (secondary N) is 1. The molecule has 158 valence electrons. The summed E-state index contributed by atoms with van der Waals surface area (Å²) >= 11 is 0. The summed E-state index contributed by atoms with van der Waals surface area (Å²) in [5.41, 5.74) is 7.44. The average molecular weight is 414 g/mol. The molecule has 1 aromatic heterocycles. The van der Waals surface area contributed by atoms with E-state index < -0.39 is 5.91 Å². The van der Waals surface area contributed by atoms with E-state index in [0.29, 0.717) is 6.54 Å². The predicted octanol–water partition coefficient (Wildman–Crippen LogP) is 4.94. The van der Waals surface area contributed by atoms with Crippen molar-refractivity contribution < 1.29 is 9.53 Å². The Morgan fingerprint density at radius 3 is 2.48 bits per heavy atom. The third-order valence-corrected chi connectivity index (χ3v) is 5.56. The molecule has 31 heavy (non-hydrogen) atoms. The van der Waals surface area contributed by atoms with Crippen LogP contribution < -0.4 is 10.1 Å². The van der Waals surface area contributed by atoms with E-state index in [9.17, 15) is 10.1 Å². The summed E-state index contributed by atoms with van der Waals surface area (Å²) in [5.74, 6) is 0.363. The van der Waals surface area contributed by atoms with E-state index in [2.05, 4.69) is 35.9 Å². The van der Waals surface area contributed by atoms with Crippen molar-refractivity contribution in [1.29, 1.82) is 5.26 Å². The van der Waals surface area contributed by atoms with Crippen molar-refractivity contribution in [2.45, 2.75) is 34.2 Å². The van der Waals surface area contributed by atoms with Gasteiger partial charge in [0.15, 0.2) is 0 Å². The molecule has 0 aliphatic heterocycles. The van der Waals surface area contributed by atoms with Crippen LogP contribution >= 0.6 is 0 Å². The summed E-state index contributed by atoms with van der Waals surface area (Å²) in [6.45, 7) is 8.57. The zero-order valence-corrected chi connectivity index (χ0v) is 18.6. The van der Waals surface area contributed by atoms with Gasteiger partial charge >= 0.3 is 0 Å². The lowest BCUT2D eigenvalue weighted by Crippen LogP contribution is -2.23. The fourth-order valence-electron chi connectivity index (χ4n) is 3.61. The Morgan fingerprint density at radius 1 is 1.13 bits per heavy atom. The van der Waals surface area contributed by atoms with Crippen LogP contribution in [-0.2, 0) is 11.3 Å². The monoisotopic (exact) mass is 413 g/mol. The lowest BCUT2D eigenvalue weighted by molar-refractivity contribution is -0.117. The van der Waals surface area contributed by atoms with Crippen LogP contribution in [-0.4, -0.2) is 17.6 Å². The minimum atomic E-state index is -0.394. The maximum atomic E-state index is 12.6. The predicted molar refractivity (Wildman–Crippen MR) is 123 cm³/mol. The molecule has 5 heteroatoms. The fraction of sp³-hybridized carbons (Fsp3) is 0.231. The summed E-state index contributed by atoms with van der Waals surface area (Å²) in [5, 5.41) is 12.4. The zero-order chi connectivity index (χ0) is 22.5. The van der Waals surface area contributed by atoms with Gasteiger partial charge in [-0.25, -0.2) is 0 Å². The van der Waals surface area contributed by atoms with Gasteiger partial charge in [0.25, 0.3) is 5.91 Å². The second-order valence-corrected chi connectivity index (χ2v) is 7.58. The lowest BCUT2D eigenvalue weighted by atomic mass is 10.1. The second-order valence-electron chi connectivity index (χ2n) is 7.58. The Kier molecular flexibility index (Phi) is 6.61. The van der Waals surface area contributed by atoms with Gasteiger partial charge in [-0.05, 0) is 80.3 Å². The van der Waals surface area contributed by atoms with Gasteiger partial charge in [0.05, 0.1) is 7.11 Å². The highest BCUT2D eigenvalue weighted by molar-refractivity contribution is 6.01. The standard InChI is InChI=1S/C26H27N3O2/c1-17-7-6-8-25(19(17)3)29-18(2)13-22(20(29)4)14-23(15-27)26(30)28-16-21-9-11-24(31-5)12-10-21/h6-14H,16H2,1-5H3,(H,28,30)/b23-14-. The molecule has 1 amide bonds. The van der Waals surface area contributed by atoms with E-state index in [-0.39, 0.29) is 5.57 Å². The molecule has 0 saturated heterocycles. The first-order chi connectivity index (χ1) is 14.8. The maximum absolute atomic E-state index is 12.6. The van der Waals surface area contributed by atoms with Crippen molar-refractivity contribution in [1.82, 2.24) is 9.88 Å². The number of ether oxygens (including phenoxy) is 1. The minimum absolute atomic E-state index is 0.0784. The van der Waals surface area contributed by atoms with Crippen LogP contribution in [0, 0.1) is 39.0 Å². The fourth-order valence-corrected chi connectivity index (χ4v) is 3.61. The first-order valence-electron chi connectivity index (χ1n) is 10.1. The quantitative estimate of drug-likeness (QED) is 0.460. The van der Waals surface area contributed by atoms with E-state index in [1.54, 1.807) is 13.2 Å². The number of aryl methyl sites for hydroxylation is 2. The van der Waals surface area contributed by atoms with Gasteiger partial charge in [-0.15, -0.1) is 0 Å². The van der Waals surface area contributed by atoms with Crippen LogP contribution in [0.4, 0.5) is 0 Å². The zero-order valence-electron chi connectivity index (χ0n) is 18.6. The molecule has 0 fully saturated rings. The van der Waals surface area contributed by atoms with Crippen molar-refractivity contribution >= 4 is 12.0 Å². The average Bonchev–Trinajstić information content (AvgIpc) is 3.05. The van der Waals surface area contributed by atoms with Crippen LogP contribution in [0.5, 0.6) is 5.75 Å². The Balaban J connectivity index is 1.84. The number of hydrogen-bond donors (Lipinski definition) is 1. The number of hydrogen-bond acceptors (Lipinski definition) is 3. The normalized spacial score (nSPS) is 11.2. The van der Waals surface area contributed by atoms with Crippen LogP contribution in [0.2, 0.25) is 0 Å². The first kappa shape index (κ1) is 21.9. The maximum Gasteiger partial charge on any atom is 0.262 e. The topological polar surface area (TPSA) is 67.0 Å². The molecule has 0 radical (unpaired) electrons. The smallest absolute Gasteiger partial charge is 0.262 e. The molecular formula is C26H27N3O2. The molecule has 1 N–H and O–H groups in total. The van der Waals surface area contributed by atoms with Crippen molar-refractivity contribution in [2.24, 2.45) is 0 Å². The number of benzene rings is 2. The van der Waals surface area contributed by atoms with E-state index >= 15 is 0 Å². The van der Waals surface area contributed by atoms with Crippen LogP contribution in [0.25, 0.3) is 11.8 Å². The number of carbonyl (C=O) groups is 1. The van der Waals surface area contributed by atoms with Gasteiger partial charge in [0.2, 0.25) is 0 Å². The van der Waals surface area contributed by atoms with Gasteiger partial charge in [0, 0.05) is 23.6 Å². The summed E-state index contributed by atoms with van der Waals surface area (Å²) in [6.07, 6.45) is 1.66. The third kappa shape index (κ3) is 4.70. The Morgan fingerprint density at radius 2 is 1.84 bits per heavy atom. The Hall–Kier alpha value is -3.78. The highest BCUT2D eigenvalue weighted by Gasteiger charge is 2.15. The van der Waals surface area contributed by atoms with E-state index in [0.717, 1.165) is 34.0 Å². The molecule has 2 aromatic carbocycles. The number of amides is 1. The van der Waals surface area contributed by atoms with Gasteiger partial charge in [0.1, 0.15) is 17.4 Å². The van der Waals surface area contributed by atoms with Crippen molar-refractivity contribution in [3.63, 3.8) is 0 Å². The first-order valence-corrected chi connectivity index (χ1v) is 10.1. The number of rotatable bonds is 6. The Bertz CT molecular complexity index is 1180. The summed E-state index contributed by atoms with van der Waals surface area (Å²) < 4.78 is 7.31. The summed E-state index contributed by atoms with van der Waals surface area (Å²) in [7, 11) is 1.61. The van der Waals surface area contributed by atoms with E-state index in [1.165, 1.54) is 11.1 Å². The van der Waals surface area contributed by atoms with E-state index in [1.807, 2.05) is 56.3 Å². The molecule has 3 aromatic rings. The van der Waals surface area contributed by atoms with Gasteiger partial charge < -0.3 is 14.6 Å². The second kappa shape index (κ2) is 9.36. The molecule has 3 rings (SSSR count). The van der Waals surface area contributed by atoms with Crippen molar-refractivity contribution in [3.05, 3.63) is 87.7 Å². The van der Waals surface area contributed by atoms with Crippen molar-refractivity contribution in [3.8, 4) is 17.5 Å². The summed E-state index contributed by atoms with van der Waals surface area (Å²) in [4.78, 5) is 12.6. The van der Waals surface area contributed by atoms with Crippen LogP contribution in [0.15, 0.2) is 54.1 Å². The molecular weight excluding hydrogens is 386 g/mol. The number of carbonyl (C=O) groups excluding carboxylic acids is 1. The Labute approximate surface area is 183 Å². The van der Waals surface area contributed by atoms with Crippen LogP contribution in [0.3, 0.4) is 0 Å². The molecule has 1 heterocycles. The largest absolute Gasteiger partial charge is 0.497 e. The highest BCUT2D eigenvalue weighted by Crippen LogP contribution is 2.26. The molecule has 0 aliphatic carbocycles. The molecule has 0 bridgehead atoms. The molecule has 0 saturated carbocycles. The lowest BCUT2D eigenvalue weighted by Gasteiger charge is -2.14. The molecule has 0 aliphatic rings. The SMILES string of the molecule is COc1ccc(CNC(=O)/C(C#N)=C\c2cc(C)n(-c3cccc(C)c3C)c2C)cc1. The van der Waals surface area contributed by atoms with Crippen LogP contribution in [0.1, 0.15) is 33.6 Å². The van der Waals surface area contributed by atoms with Gasteiger partial charge in [-0.1, -0.05) is 24.3 Å². The van der Waals surface area contributed by atoms with E-state index in [4.69, 9.17) is 4.74 Å². The van der Waals surface area contributed by atoms with Gasteiger partial charge in [-0.3, -0.25) is 4.79 Å². The molecule has 0 spiro atoms. The molecule has 0 unspecified atom stereocenters. The number of nitriles is 1. The van der Waals surface area contributed by atoms with Crippen molar-refractivity contribution in [2.75, 3.05) is 7.11 Å². The highest BCUT2D eigenvalue weighted by atomic mass is 16.5. The number of methoxy groups -OCH3 is 1. The third-order valence-electron chi connectivity index (χ3n) is 5.56. The molecule has 0 atom stereocenters. The summed E-state index contributed by atoms with van der Waals surface area (Å²) in [6, 6.07) is 17.7. The minimum Gasteiger partial charge on any atom is -0.497 e. The number of aromatic nitrogens is 1.